The SMILES string of the molecule is Cn1nc(CN2CCCC2Cn2nc3c(cc2=O)CCC3)ccc1=O. The molecule has 2 aromatic heterocycles. The van der Waals surface area contributed by atoms with E-state index in [1.54, 1.807) is 29.9 Å². The highest BCUT2D eigenvalue weighted by atomic mass is 16.1. The van der Waals surface area contributed by atoms with Crippen LogP contribution in [0.1, 0.15) is 36.2 Å². The summed E-state index contributed by atoms with van der Waals surface area (Å²) in [4.78, 5) is 26.2. The van der Waals surface area contributed by atoms with Crippen molar-refractivity contribution < 1.29 is 0 Å². The van der Waals surface area contributed by atoms with Crippen LogP contribution in [-0.4, -0.2) is 37.0 Å². The summed E-state index contributed by atoms with van der Waals surface area (Å²) in [6, 6.07) is 5.39. The van der Waals surface area contributed by atoms with Crippen LogP contribution in [0.4, 0.5) is 0 Å². The summed E-state index contributed by atoms with van der Waals surface area (Å²) in [7, 11) is 1.67. The highest BCUT2D eigenvalue weighted by Crippen LogP contribution is 2.21. The van der Waals surface area contributed by atoms with Crippen molar-refractivity contribution in [1.29, 1.82) is 0 Å². The maximum atomic E-state index is 12.3. The zero-order valence-electron chi connectivity index (χ0n) is 14.5. The van der Waals surface area contributed by atoms with E-state index in [4.69, 9.17) is 0 Å². The smallest absolute Gasteiger partial charge is 0.267 e. The molecular weight excluding hydrogens is 318 g/mol. The molecule has 0 amide bonds. The third-order valence-corrected chi connectivity index (χ3v) is 5.29. The summed E-state index contributed by atoms with van der Waals surface area (Å²) >= 11 is 0. The lowest BCUT2D eigenvalue weighted by Gasteiger charge is -2.24. The van der Waals surface area contributed by atoms with Crippen molar-refractivity contribution in [3.8, 4) is 0 Å². The molecule has 0 saturated carbocycles. The minimum atomic E-state index is -0.101. The van der Waals surface area contributed by atoms with Crippen molar-refractivity contribution in [1.82, 2.24) is 24.5 Å². The van der Waals surface area contributed by atoms with E-state index in [1.807, 2.05) is 0 Å². The highest BCUT2D eigenvalue weighted by molar-refractivity contribution is 5.22. The minimum absolute atomic E-state index is 0.00716. The fourth-order valence-corrected chi connectivity index (χ4v) is 3.92. The Balaban J connectivity index is 1.51. The Morgan fingerprint density at radius 1 is 1.12 bits per heavy atom. The predicted octanol–water partition coefficient (Wildman–Crippen LogP) is 0.490. The first kappa shape index (κ1) is 16.2. The van der Waals surface area contributed by atoms with Gasteiger partial charge in [0.25, 0.3) is 11.1 Å². The van der Waals surface area contributed by atoms with Crippen LogP contribution in [0.15, 0.2) is 27.8 Å². The molecule has 1 aliphatic carbocycles. The zero-order chi connectivity index (χ0) is 17.4. The Bertz CT molecular complexity index is 901. The first-order valence-corrected chi connectivity index (χ1v) is 8.97. The molecule has 2 aromatic rings. The number of fused-ring (bicyclic) bond motifs is 1. The van der Waals surface area contributed by atoms with Crippen LogP contribution < -0.4 is 11.1 Å². The maximum Gasteiger partial charge on any atom is 0.267 e. The summed E-state index contributed by atoms with van der Waals surface area (Å²) in [6.07, 6.45) is 5.21. The third kappa shape index (κ3) is 3.28. The molecule has 1 atom stereocenters. The second-order valence-corrected chi connectivity index (χ2v) is 7.04. The van der Waals surface area contributed by atoms with E-state index in [2.05, 4.69) is 15.1 Å². The van der Waals surface area contributed by atoms with Crippen LogP contribution in [0, 0.1) is 0 Å². The van der Waals surface area contributed by atoms with Gasteiger partial charge in [0.2, 0.25) is 0 Å². The first-order valence-electron chi connectivity index (χ1n) is 8.97. The monoisotopic (exact) mass is 341 g/mol. The average molecular weight is 341 g/mol. The molecule has 0 aromatic carbocycles. The lowest BCUT2D eigenvalue weighted by molar-refractivity contribution is 0.212. The molecule has 1 aliphatic heterocycles. The number of aromatic nitrogens is 4. The molecule has 0 N–H and O–H groups in total. The number of aryl methyl sites for hydroxylation is 3. The van der Waals surface area contributed by atoms with E-state index in [0.717, 1.165) is 55.6 Å². The third-order valence-electron chi connectivity index (χ3n) is 5.29. The summed E-state index contributed by atoms with van der Waals surface area (Å²) < 4.78 is 3.01. The first-order chi connectivity index (χ1) is 12.1. The van der Waals surface area contributed by atoms with E-state index in [-0.39, 0.29) is 17.2 Å². The van der Waals surface area contributed by atoms with E-state index in [0.29, 0.717) is 13.1 Å². The van der Waals surface area contributed by atoms with Crippen LogP contribution in [0.3, 0.4) is 0 Å². The van der Waals surface area contributed by atoms with E-state index in [1.165, 1.54) is 4.68 Å². The van der Waals surface area contributed by atoms with Gasteiger partial charge in [-0.05, 0) is 50.3 Å². The number of likely N-dealkylation sites (tertiary alicyclic amines) is 1. The maximum absolute atomic E-state index is 12.3. The molecule has 2 aliphatic rings. The second-order valence-electron chi connectivity index (χ2n) is 7.04. The van der Waals surface area contributed by atoms with Gasteiger partial charge in [-0.3, -0.25) is 14.5 Å². The topological polar surface area (TPSA) is 73.0 Å². The molecule has 1 unspecified atom stereocenters. The molecule has 0 spiro atoms. The molecule has 0 bridgehead atoms. The largest absolute Gasteiger partial charge is 0.293 e. The van der Waals surface area contributed by atoms with E-state index in [9.17, 15) is 9.59 Å². The van der Waals surface area contributed by atoms with Crippen molar-refractivity contribution >= 4 is 0 Å². The summed E-state index contributed by atoms with van der Waals surface area (Å²) in [6.45, 7) is 2.30. The van der Waals surface area contributed by atoms with E-state index >= 15 is 0 Å². The van der Waals surface area contributed by atoms with Gasteiger partial charge < -0.3 is 0 Å². The highest BCUT2D eigenvalue weighted by Gasteiger charge is 2.26. The molecule has 1 fully saturated rings. The number of hydrogen-bond donors (Lipinski definition) is 0. The summed E-state index contributed by atoms with van der Waals surface area (Å²) in [5, 5.41) is 8.92. The van der Waals surface area contributed by atoms with Gasteiger partial charge in [-0.1, -0.05) is 0 Å². The summed E-state index contributed by atoms with van der Waals surface area (Å²) in [5.41, 5.74) is 2.99. The normalized spacial score (nSPS) is 20.1. The quantitative estimate of drug-likeness (QED) is 0.809. The fourth-order valence-electron chi connectivity index (χ4n) is 3.92. The molecule has 7 nitrogen and oxygen atoms in total. The molecule has 3 heterocycles. The minimum Gasteiger partial charge on any atom is -0.293 e. The molecule has 7 heteroatoms. The van der Waals surface area contributed by atoms with Gasteiger partial charge in [-0.2, -0.15) is 10.2 Å². The second kappa shape index (κ2) is 6.55. The Labute approximate surface area is 145 Å². The standard InChI is InChI=1S/C18H23N5O2/c1-21-17(24)8-7-14(19-21)11-22-9-3-5-15(22)12-23-18(25)10-13-4-2-6-16(13)20-23/h7-8,10,15H,2-6,9,11-12H2,1H3. The van der Waals surface area contributed by atoms with Gasteiger partial charge in [-0.15, -0.1) is 0 Å². The van der Waals surface area contributed by atoms with Crippen molar-refractivity contribution in [2.24, 2.45) is 7.05 Å². The van der Waals surface area contributed by atoms with Crippen molar-refractivity contribution in [3.05, 3.63) is 55.9 Å². The van der Waals surface area contributed by atoms with E-state index < -0.39 is 0 Å². The number of nitrogens with zero attached hydrogens (tertiary/aromatic N) is 5. The van der Waals surface area contributed by atoms with Crippen LogP contribution in [0.2, 0.25) is 0 Å². The molecule has 1 saturated heterocycles. The Hall–Kier alpha value is -2.28. The van der Waals surface area contributed by atoms with Gasteiger partial charge in [0, 0.05) is 31.8 Å². The van der Waals surface area contributed by atoms with Crippen LogP contribution in [-0.2, 0) is 33.0 Å². The molecule has 0 radical (unpaired) electrons. The van der Waals surface area contributed by atoms with Gasteiger partial charge >= 0.3 is 0 Å². The molecule has 25 heavy (non-hydrogen) atoms. The van der Waals surface area contributed by atoms with Gasteiger partial charge in [0.05, 0.1) is 17.9 Å². The molecular formula is C18H23N5O2. The van der Waals surface area contributed by atoms with Crippen molar-refractivity contribution in [2.45, 2.75) is 51.2 Å². The Kier molecular flexibility index (Phi) is 4.25. The fraction of sp³-hybridized carbons (Fsp3) is 0.556. The van der Waals surface area contributed by atoms with Gasteiger partial charge in [0.15, 0.2) is 0 Å². The molecule has 132 valence electrons. The Morgan fingerprint density at radius 3 is 2.84 bits per heavy atom. The van der Waals surface area contributed by atoms with Gasteiger partial charge in [0.1, 0.15) is 0 Å². The summed E-state index contributed by atoms with van der Waals surface area (Å²) in [5.74, 6) is 0. The van der Waals surface area contributed by atoms with Crippen LogP contribution >= 0.6 is 0 Å². The van der Waals surface area contributed by atoms with Crippen LogP contribution in [0.25, 0.3) is 0 Å². The number of rotatable bonds is 4. The van der Waals surface area contributed by atoms with Gasteiger partial charge in [-0.25, -0.2) is 9.36 Å². The lowest BCUT2D eigenvalue weighted by Crippen LogP contribution is -2.37. The number of hydrogen-bond acceptors (Lipinski definition) is 5. The zero-order valence-corrected chi connectivity index (χ0v) is 14.5. The molecule has 4 rings (SSSR count). The van der Waals surface area contributed by atoms with Crippen molar-refractivity contribution in [2.75, 3.05) is 6.54 Å². The average Bonchev–Trinajstić information content (AvgIpc) is 3.21. The van der Waals surface area contributed by atoms with Crippen molar-refractivity contribution in [3.63, 3.8) is 0 Å². The predicted molar refractivity (Wildman–Crippen MR) is 93.4 cm³/mol. The lowest BCUT2D eigenvalue weighted by atomic mass is 10.2. The van der Waals surface area contributed by atoms with Crippen LogP contribution in [0.5, 0.6) is 0 Å². The Morgan fingerprint density at radius 2 is 2.00 bits per heavy atom.